The number of hydrogen-bond donors (Lipinski definition) is 0. The number of rotatable bonds is 1. The molecule has 4 heteroatoms. The first-order chi connectivity index (χ1) is 6.70. The molecule has 1 fully saturated rings. The lowest BCUT2D eigenvalue weighted by Crippen LogP contribution is -2.24. The van der Waals surface area contributed by atoms with Gasteiger partial charge in [-0.3, -0.25) is 9.69 Å². The normalized spacial score (nSPS) is 21.2. The van der Waals surface area contributed by atoms with Gasteiger partial charge < -0.3 is 4.74 Å². The SMILES string of the molecule is CN1C(=O)C(=O)OC1c1ccccc1. The van der Waals surface area contributed by atoms with E-state index in [1.54, 1.807) is 7.05 Å². The van der Waals surface area contributed by atoms with Gasteiger partial charge in [0.2, 0.25) is 6.23 Å². The van der Waals surface area contributed by atoms with E-state index in [1.165, 1.54) is 4.90 Å². The molecule has 1 unspecified atom stereocenters. The molecule has 0 spiro atoms. The lowest BCUT2D eigenvalue weighted by molar-refractivity contribution is -0.149. The number of hydrogen-bond acceptors (Lipinski definition) is 3. The fourth-order valence-corrected chi connectivity index (χ4v) is 1.39. The second-order valence-corrected chi connectivity index (χ2v) is 3.08. The molecular formula is C10H9NO3. The van der Waals surface area contributed by atoms with Gasteiger partial charge in [-0.1, -0.05) is 30.3 Å². The zero-order valence-corrected chi connectivity index (χ0v) is 7.64. The summed E-state index contributed by atoms with van der Waals surface area (Å²) in [6, 6.07) is 9.15. The van der Waals surface area contributed by atoms with Crippen molar-refractivity contribution in [2.75, 3.05) is 7.05 Å². The molecule has 1 saturated heterocycles. The summed E-state index contributed by atoms with van der Waals surface area (Å²) >= 11 is 0. The quantitative estimate of drug-likeness (QED) is 0.485. The zero-order chi connectivity index (χ0) is 10.1. The third-order valence-electron chi connectivity index (χ3n) is 2.15. The molecule has 0 radical (unpaired) electrons. The fourth-order valence-electron chi connectivity index (χ4n) is 1.39. The van der Waals surface area contributed by atoms with E-state index >= 15 is 0 Å². The lowest BCUT2D eigenvalue weighted by atomic mass is 10.2. The minimum absolute atomic E-state index is 0.573. The Labute approximate surface area is 81.1 Å². The molecule has 1 aromatic rings. The second-order valence-electron chi connectivity index (χ2n) is 3.08. The van der Waals surface area contributed by atoms with Gasteiger partial charge in [0.1, 0.15) is 0 Å². The molecule has 14 heavy (non-hydrogen) atoms. The van der Waals surface area contributed by atoms with E-state index in [9.17, 15) is 9.59 Å². The minimum atomic E-state index is -0.790. The van der Waals surface area contributed by atoms with Crippen LogP contribution < -0.4 is 0 Å². The largest absolute Gasteiger partial charge is 0.430 e. The smallest absolute Gasteiger partial charge is 0.399 e. The summed E-state index contributed by atoms with van der Waals surface area (Å²) in [5, 5.41) is 0. The molecule has 1 aromatic carbocycles. The van der Waals surface area contributed by atoms with E-state index in [1.807, 2.05) is 30.3 Å². The van der Waals surface area contributed by atoms with Crippen LogP contribution in [0.4, 0.5) is 0 Å². The van der Waals surface area contributed by atoms with Crippen molar-refractivity contribution in [2.24, 2.45) is 0 Å². The molecule has 1 aliphatic rings. The molecular weight excluding hydrogens is 182 g/mol. The van der Waals surface area contributed by atoms with Gasteiger partial charge in [0.15, 0.2) is 0 Å². The van der Waals surface area contributed by atoms with Gasteiger partial charge in [0.05, 0.1) is 0 Å². The molecule has 1 atom stereocenters. The third-order valence-corrected chi connectivity index (χ3v) is 2.15. The highest BCUT2D eigenvalue weighted by atomic mass is 16.6. The first kappa shape index (κ1) is 8.74. The zero-order valence-electron chi connectivity index (χ0n) is 7.64. The number of cyclic esters (lactones) is 1. The number of nitrogens with zero attached hydrogens (tertiary/aromatic N) is 1. The van der Waals surface area contributed by atoms with Gasteiger partial charge in [-0.25, -0.2) is 4.79 Å². The fraction of sp³-hybridized carbons (Fsp3) is 0.200. The molecule has 0 saturated carbocycles. The lowest BCUT2D eigenvalue weighted by Gasteiger charge is -2.16. The number of amides is 1. The molecule has 1 amide bonds. The monoisotopic (exact) mass is 191 g/mol. The van der Waals surface area contributed by atoms with E-state index in [0.717, 1.165) is 5.56 Å². The van der Waals surface area contributed by atoms with Crippen LogP contribution in [0.15, 0.2) is 30.3 Å². The summed E-state index contributed by atoms with van der Waals surface area (Å²) < 4.78 is 4.91. The predicted octanol–water partition coefficient (Wildman–Crippen LogP) is 0.700. The van der Waals surface area contributed by atoms with Crippen LogP contribution in [0.2, 0.25) is 0 Å². The molecule has 0 bridgehead atoms. The number of ether oxygens (including phenoxy) is 1. The molecule has 1 heterocycles. The Morgan fingerprint density at radius 1 is 1.21 bits per heavy atom. The molecule has 1 aliphatic heterocycles. The average molecular weight is 191 g/mol. The Bertz CT molecular complexity index is 374. The number of benzene rings is 1. The molecule has 4 nitrogen and oxygen atoms in total. The van der Waals surface area contributed by atoms with E-state index in [4.69, 9.17) is 4.74 Å². The van der Waals surface area contributed by atoms with Gasteiger partial charge in [-0.05, 0) is 0 Å². The second kappa shape index (κ2) is 3.14. The van der Waals surface area contributed by atoms with E-state index in [-0.39, 0.29) is 0 Å². The maximum absolute atomic E-state index is 11.1. The van der Waals surface area contributed by atoms with Crippen LogP contribution in [0.25, 0.3) is 0 Å². The Kier molecular flexibility index (Phi) is 1.96. The van der Waals surface area contributed by atoms with E-state index in [0.29, 0.717) is 0 Å². The van der Waals surface area contributed by atoms with Crippen molar-refractivity contribution in [3.05, 3.63) is 35.9 Å². The van der Waals surface area contributed by atoms with Crippen molar-refractivity contribution in [3.63, 3.8) is 0 Å². The van der Waals surface area contributed by atoms with Crippen LogP contribution in [0, 0.1) is 0 Å². The van der Waals surface area contributed by atoms with Crippen LogP contribution in [0.3, 0.4) is 0 Å². The Morgan fingerprint density at radius 2 is 1.86 bits per heavy atom. The first-order valence-corrected chi connectivity index (χ1v) is 4.23. The van der Waals surface area contributed by atoms with Crippen LogP contribution in [0.1, 0.15) is 11.8 Å². The minimum Gasteiger partial charge on any atom is -0.430 e. The highest BCUT2D eigenvalue weighted by Crippen LogP contribution is 2.25. The standard InChI is InChI=1S/C10H9NO3/c1-11-8(12)10(13)14-9(11)7-5-3-2-4-6-7/h2-6,9H,1H3. The maximum Gasteiger partial charge on any atom is 0.399 e. The van der Waals surface area contributed by atoms with Crippen molar-refractivity contribution < 1.29 is 14.3 Å². The van der Waals surface area contributed by atoms with Crippen LogP contribution >= 0.6 is 0 Å². The van der Waals surface area contributed by atoms with Crippen molar-refractivity contribution >= 4 is 11.9 Å². The van der Waals surface area contributed by atoms with Gasteiger partial charge in [0.25, 0.3) is 0 Å². The molecule has 0 N–H and O–H groups in total. The molecule has 0 aliphatic carbocycles. The molecule has 2 rings (SSSR count). The van der Waals surface area contributed by atoms with Crippen molar-refractivity contribution in [1.82, 2.24) is 4.90 Å². The summed E-state index contributed by atoms with van der Waals surface area (Å²) in [5.74, 6) is -1.39. The maximum atomic E-state index is 11.1. The Morgan fingerprint density at radius 3 is 2.36 bits per heavy atom. The van der Waals surface area contributed by atoms with E-state index in [2.05, 4.69) is 0 Å². The first-order valence-electron chi connectivity index (χ1n) is 4.23. The highest BCUT2D eigenvalue weighted by molar-refractivity contribution is 6.33. The van der Waals surface area contributed by atoms with Gasteiger partial charge >= 0.3 is 11.9 Å². The van der Waals surface area contributed by atoms with E-state index < -0.39 is 18.1 Å². The number of esters is 1. The van der Waals surface area contributed by atoms with Crippen molar-refractivity contribution in [1.29, 1.82) is 0 Å². The summed E-state index contributed by atoms with van der Waals surface area (Å²) in [6.45, 7) is 0. The Hall–Kier alpha value is -1.84. The molecule has 0 aromatic heterocycles. The Balaban J connectivity index is 2.30. The third kappa shape index (κ3) is 1.25. The van der Waals surface area contributed by atoms with Crippen LogP contribution in [-0.4, -0.2) is 23.8 Å². The average Bonchev–Trinajstić information content (AvgIpc) is 2.47. The van der Waals surface area contributed by atoms with Crippen LogP contribution in [-0.2, 0) is 14.3 Å². The van der Waals surface area contributed by atoms with Gasteiger partial charge in [-0.2, -0.15) is 0 Å². The van der Waals surface area contributed by atoms with Crippen LogP contribution in [0.5, 0.6) is 0 Å². The summed E-state index contributed by atoms with van der Waals surface area (Å²) in [4.78, 5) is 23.4. The summed E-state index contributed by atoms with van der Waals surface area (Å²) in [5.41, 5.74) is 0.800. The van der Waals surface area contributed by atoms with Crippen molar-refractivity contribution in [3.8, 4) is 0 Å². The van der Waals surface area contributed by atoms with Crippen molar-refractivity contribution in [2.45, 2.75) is 6.23 Å². The number of likely N-dealkylation sites (N-methyl/N-ethyl adjacent to an activating group) is 1. The van der Waals surface area contributed by atoms with Gasteiger partial charge in [-0.15, -0.1) is 0 Å². The van der Waals surface area contributed by atoms with Gasteiger partial charge in [0, 0.05) is 12.6 Å². The summed E-state index contributed by atoms with van der Waals surface area (Å²) in [7, 11) is 1.55. The highest BCUT2D eigenvalue weighted by Gasteiger charge is 2.38. The topological polar surface area (TPSA) is 46.6 Å². The summed E-state index contributed by atoms with van der Waals surface area (Å²) in [6.07, 6.45) is -0.573. The molecule has 72 valence electrons. The number of carbonyl (C=O) groups excluding carboxylic acids is 2. The predicted molar refractivity (Wildman–Crippen MR) is 48.0 cm³/mol. The number of carbonyl (C=O) groups is 2.